The Balaban J connectivity index is 1.35. The maximum Gasteiger partial charge on any atom is 0.257 e. The van der Waals surface area contributed by atoms with E-state index in [1.807, 2.05) is 50.2 Å². The molecule has 1 amide bonds. The number of H-pyrrole nitrogens is 1. The third kappa shape index (κ3) is 3.96. The number of fused-ring (bicyclic) bond motifs is 1. The minimum atomic E-state index is -0.193. The fraction of sp³-hybridized carbons (Fsp3) is 0.261. The molecule has 1 fully saturated rings. The molecule has 0 bridgehead atoms. The highest BCUT2D eigenvalue weighted by atomic mass is 16.1. The Morgan fingerprint density at radius 1 is 1.03 bits per heavy atom. The molecule has 31 heavy (non-hydrogen) atoms. The third-order valence-corrected chi connectivity index (χ3v) is 5.39. The van der Waals surface area contributed by atoms with E-state index in [1.54, 1.807) is 6.20 Å². The number of hydrogen-bond donors (Lipinski definition) is 2. The van der Waals surface area contributed by atoms with Crippen molar-refractivity contribution in [1.82, 2.24) is 24.9 Å². The van der Waals surface area contributed by atoms with Crippen LogP contribution >= 0.6 is 0 Å². The summed E-state index contributed by atoms with van der Waals surface area (Å²) >= 11 is 0. The minimum absolute atomic E-state index is 0.193. The summed E-state index contributed by atoms with van der Waals surface area (Å²) in [6.45, 7) is 5.85. The van der Waals surface area contributed by atoms with E-state index in [0.717, 1.165) is 41.3 Å². The molecule has 8 nitrogen and oxygen atoms in total. The molecule has 1 aromatic carbocycles. The summed E-state index contributed by atoms with van der Waals surface area (Å²) in [6.07, 6.45) is 4.02. The van der Waals surface area contributed by atoms with E-state index in [1.165, 1.54) is 12.8 Å². The SMILES string of the molecule is Cc1cc(-c2nc3ccc(NC(=O)c4ccc(N5CCCC5)nc4)cc3[nH]2)nc(C)n1. The van der Waals surface area contributed by atoms with Crippen LogP contribution in [0.1, 0.15) is 34.7 Å². The number of aryl methyl sites for hydroxylation is 2. The van der Waals surface area contributed by atoms with E-state index in [0.29, 0.717) is 22.9 Å². The number of benzene rings is 1. The third-order valence-electron chi connectivity index (χ3n) is 5.39. The second kappa shape index (κ2) is 7.79. The highest BCUT2D eigenvalue weighted by Gasteiger charge is 2.15. The Morgan fingerprint density at radius 3 is 2.61 bits per heavy atom. The smallest absolute Gasteiger partial charge is 0.257 e. The lowest BCUT2D eigenvalue weighted by molar-refractivity contribution is 0.102. The highest BCUT2D eigenvalue weighted by Crippen LogP contribution is 2.23. The number of hydrogen-bond acceptors (Lipinski definition) is 6. The molecule has 1 aliphatic heterocycles. The first-order valence-electron chi connectivity index (χ1n) is 10.4. The van der Waals surface area contributed by atoms with Gasteiger partial charge in [-0.1, -0.05) is 0 Å². The van der Waals surface area contributed by atoms with Gasteiger partial charge in [0.1, 0.15) is 17.3 Å². The predicted octanol–water partition coefficient (Wildman–Crippen LogP) is 3.88. The number of anilines is 2. The number of carbonyl (C=O) groups excluding carboxylic acids is 1. The summed E-state index contributed by atoms with van der Waals surface area (Å²) in [5.74, 6) is 2.11. The Morgan fingerprint density at radius 2 is 1.87 bits per heavy atom. The lowest BCUT2D eigenvalue weighted by Gasteiger charge is -2.16. The van der Waals surface area contributed by atoms with Crippen LogP contribution in [0.3, 0.4) is 0 Å². The number of carbonyl (C=O) groups is 1. The van der Waals surface area contributed by atoms with Crippen molar-refractivity contribution in [2.45, 2.75) is 26.7 Å². The molecular formula is C23H23N7O. The van der Waals surface area contributed by atoms with E-state index in [2.05, 4.69) is 35.1 Å². The van der Waals surface area contributed by atoms with Gasteiger partial charge in [0.15, 0.2) is 5.82 Å². The Hall–Kier alpha value is -3.81. The van der Waals surface area contributed by atoms with Crippen molar-refractivity contribution in [3.05, 3.63) is 59.7 Å². The molecule has 5 rings (SSSR count). The number of pyridine rings is 1. The molecular weight excluding hydrogens is 390 g/mol. The number of rotatable bonds is 4. The summed E-state index contributed by atoms with van der Waals surface area (Å²) in [5.41, 5.74) is 4.48. The van der Waals surface area contributed by atoms with Crippen molar-refractivity contribution in [2.24, 2.45) is 0 Å². The molecule has 156 valence electrons. The van der Waals surface area contributed by atoms with Crippen molar-refractivity contribution >= 4 is 28.4 Å². The van der Waals surface area contributed by atoms with Crippen molar-refractivity contribution in [3.63, 3.8) is 0 Å². The van der Waals surface area contributed by atoms with Crippen molar-refractivity contribution in [3.8, 4) is 11.5 Å². The molecule has 2 N–H and O–H groups in total. The maximum atomic E-state index is 12.7. The number of amides is 1. The largest absolute Gasteiger partial charge is 0.357 e. The lowest BCUT2D eigenvalue weighted by atomic mass is 10.2. The fourth-order valence-electron chi connectivity index (χ4n) is 3.90. The normalized spacial score (nSPS) is 13.7. The van der Waals surface area contributed by atoms with Gasteiger partial charge in [0.2, 0.25) is 0 Å². The zero-order valence-corrected chi connectivity index (χ0v) is 17.5. The van der Waals surface area contributed by atoms with Gasteiger partial charge in [-0.25, -0.2) is 19.9 Å². The second-order valence-electron chi connectivity index (χ2n) is 7.81. The topological polar surface area (TPSA) is 99.7 Å². The molecule has 1 aliphatic rings. The number of nitrogens with one attached hydrogen (secondary N) is 2. The van der Waals surface area contributed by atoms with Crippen LogP contribution in [0.5, 0.6) is 0 Å². The summed E-state index contributed by atoms with van der Waals surface area (Å²) in [6, 6.07) is 11.2. The standard InChI is InChI=1S/C23H23N7O/c1-14-11-20(26-15(2)25-14)22-28-18-7-6-17(12-19(18)29-22)27-23(31)16-5-8-21(24-13-16)30-9-3-4-10-30/h5-8,11-13H,3-4,9-10H2,1-2H3,(H,27,31)(H,28,29). The Labute approximate surface area is 179 Å². The summed E-state index contributed by atoms with van der Waals surface area (Å²) in [5, 5.41) is 2.94. The van der Waals surface area contributed by atoms with Crippen molar-refractivity contribution in [2.75, 3.05) is 23.3 Å². The van der Waals surface area contributed by atoms with Crippen molar-refractivity contribution < 1.29 is 4.79 Å². The molecule has 1 saturated heterocycles. The van der Waals surface area contributed by atoms with Gasteiger partial charge in [0.05, 0.1) is 16.6 Å². The van der Waals surface area contributed by atoms with Gasteiger partial charge in [-0.3, -0.25) is 4.79 Å². The molecule has 8 heteroatoms. The fourth-order valence-corrected chi connectivity index (χ4v) is 3.90. The van der Waals surface area contributed by atoms with Crippen LogP contribution in [0.15, 0.2) is 42.6 Å². The Kier molecular flexibility index (Phi) is 4.82. The lowest BCUT2D eigenvalue weighted by Crippen LogP contribution is -2.19. The molecule has 0 aliphatic carbocycles. The Bertz CT molecular complexity index is 1240. The zero-order valence-electron chi connectivity index (χ0n) is 17.5. The van der Waals surface area contributed by atoms with Crippen LogP contribution in [0.25, 0.3) is 22.6 Å². The summed E-state index contributed by atoms with van der Waals surface area (Å²) in [4.78, 5) is 36.1. The summed E-state index contributed by atoms with van der Waals surface area (Å²) < 4.78 is 0. The highest BCUT2D eigenvalue weighted by molar-refractivity contribution is 6.04. The number of nitrogens with zero attached hydrogens (tertiary/aromatic N) is 5. The van der Waals surface area contributed by atoms with Crippen LogP contribution in [0, 0.1) is 13.8 Å². The van der Waals surface area contributed by atoms with Gasteiger partial charge in [-0.15, -0.1) is 0 Å². The van der Waals surface area contributed by atoms with Gasteiger partial charge >= 0.3 is 0 Å². The molecule has 0 spiro atoms. The average Bonchev–Trinajstić information content (AvgIpc) is 3.43. The van der Waals surface area contributed by atoms with Gasteiger partial charge in [0.25, 0.3) is 5.91 Å². The van der Waals surface area contributed by atoms with E-state index in [9.17, 15) is 4.79 Å². The van der Waals surface area contributed by atoms with Crippen LogP contribution in [-0.4, -0.2) is 43.9 Å². The molecule has 0 radical (unpaired) electrons. The van der Waals surface area contributed by atoms with Gasteiger partial charge in [-0.2, -0.15) is 0 Å². The minimum Gasteiger partial charge on any atom is -0.357 e. The molecule has 0 atom stereocenters. The van der Waals surface area contributed by atoms with E-state index < -0.39 is 0 Å². The molecule has 4 aromatic rings. The number of aromatic amines is 1. The quantitative estimate of drug-likeness (QED) is 0.527. The molecule has 3 aromatic heterocycles. The number of imidazole rings is 1. The first kappa shape index (κ1) is 19.2. The monoisotopic (exact) mass is 413 g/mol. The number of aromatic nitrogens is 5. The first-order chi connectivity index (χ1) is 15.0. The van der Waals surface area contributed by atoms with Crippen LogP contribution in [0.2, 0.25) is 0 Å². The predicted molar refractivity (Wildman–Crippen MR) is 120 cm³/mol. The summed E-state index contributed by atoms with van der Waals surface area (Å²) in [7, 11) is 0. The second-order valence-corrected chi connectivity index (χ2v) is 7.81. The zero-order chi connectivity index (χ0) is 21.4. The van der Waals surface area contributed by atoms with Crippen LogP contribution < -0.4 is 10.2 Å². The van der Waals surface area contributed by atoms with Crippen molar-refractivity contribution in [1.29, 1.82) is 0 Å². The molecule has 4 heterocycles. The van der Waals surface area contributed by atoms with E-state index in [-0.39, 0.29) is 5.91 Å². The van der Waals surface area contributed by atoms with Gasteiger partial charge in [0, 0.05) is 30.7 Å². The molecule has 0 saturated carbocycles. The maximum absolute atomic E-state index is 12.7. The van der Waals surface area contributed by atoms with Gasteiger partial charge in [-0.05, 0) is 63.1 Å². The molecule has 0 unspecified atom stereocenters. The van der Waals surface area contributed by atoms with Crippen LogP contribution in [-0.2, 0) is 0 Å². The van der Waals surface area contributed by atoms with Crippen LogP contribution in [0.4, 0.5) is 11.5 Å². The van der Waals surface area contributed by atoms with E-state index in [4.69, 9.17) is 0 Å². The van der Waals surface area contributed by atoms with E-state index >= 15 is 0 Å². The van der Waals surface area contributed by atoms with Gasteiger partial charge < -0.3 is 15.2 Å². The first-order valence-corrected chi connectivity index (χ1v) is 10.4. The average molecular weight is 413 g/mol.